The smallest absolute Gasteiger partial charge is 0.248 e. The van der Waals surface area contributed by atoms with Crippen LogP contribution in [0.3, 0.4) is 0 Å². The largest absolute Gasteiger partial charge is 0.366 e. The minimum atomic E-state index is -0.476. The van der Waals surface area contributed by atoms with Gasteiger partial charge in [0.15, 0.2) is 6.29 Å². The lowest BCUT2D eigenvalue weighted by Crippen LogP contribution is -2.10. The molecule has 0 saturated heterocycles. The Balaban J connectivity index is 2.64. The van der Waals surface area contributed by atoms with Gasteiger partial charge in [-0.1, -0.05) is 6.07 Å². The monoisotopic (exact) mass is 200 g/mol. The molecule has 4 nitrogen and oxygen atoms in total. The lowest BCUT2D eigenvalue weighted by molar-refractivity contribution is 0.1000. The van der Waals surface area contributed by atoms with Crippen LogP contribution in [-0.4, -0.2) is 17.2 Å². The van der Waals surface area contributed by atoms with Gasteiger partial charge in [0.2, 0.25) is 5.91 Å². The van der Waals surface area contributed by atoms with E-state index in [1.165, 1.54) is 0 Å². The van der Waals surface area contributed by atoms with Gasteiger partial charge >= 0.3 is 0 Å². The highest BCUT2D eigenvalue weighted by Gasteiger charge is 2.02. The van der Waals surface area contributed by atoms with Gasteiger partial charge < -0.3 is 5.73 Å². The summed E-state index contributed by atoms with van der Waals surface area (Å²) in [4.78, 5) is 25.5. The Kier molecular flexibility index (Phi) is 2.17. The fourth-order valence-electron chi connectivity index (χ4n) is 1.36. The van der Waals surface area contributed by atoms with Crippen molar-refractivity contribution in [3.8, 4) is 0 Å². The molecular weight excluding hydrogens is 192 g/mol. The topological polar surface area (TPSA) is 73.1 Å². The zero-order valence-electron chi connectivity index (χ0n) is 7.81. The number of primary amides is 1. The number of benzene rings is 1. The first kappa shape index (κ1) is 9.33. The number of carbonyl (C=O) groups is 2. The fraction of sp³-hybridized carbons (Fsp3) is 0. The van der Waals surface area contributed by atoms with E-state index in [4.69, 9.17) is 5.73 Å². The Morgan fingerprint density at radius 2 is 2.07 bits per heavy atom. The van der Waals surface area contributed by atoms with Crippen molar-refractivity contribution in [2.75, 3.05) is 0 Å². The van der Waals surface area contributed by atoms with Gasteiger partial charge in [0.1, 0.15) is 5.69 Å². The highest BCUT2D eigenvalue weighted by Crippen LogP contribution is 2.14. The molecule has 2 aromatic rings. The summed E-state index contributed by atoms with van der Waals surface area (Å²) in [5.41, 5.74) is 6.62. The number of amides is 1. The molecule has 2 N–H and O–H groups in total. The number of hydrogen-bond donors (Lipinski definition) is 1. The molecule has 0 fully saturated rings. The zero-order valence-corrected chi connectivity index (χ0v) is 7.81. The molecule has 1 amide bonds. The number of carbonyl (C=O) groups excluding carboxylic acids is 2. The molecule has 15 heavy (non-hydrogen) atoms. The van der Waals surface area contributed by atoms with Gasteiger partial charge in [-0.2, -0.15) is 0 Å². The highest BCUT2D eigenvalue weighted by molar-refractivity contribution is 5.97. The van der Waals surface area contributed by atoms with Crippen LogP contribution < -0.4 is 5.73 Å². The van der Waals surface area contributed by atoms with Crippen LogP contribution in [0.25, 0.3) is 10.9 Å². The number of nitrogens with two attached hydrogens (primary N) is 1. The van der Waals surface area contributed by atoms with Crippen molar-refractivity contribution < 1.29 is 9.59 Å². The number of rotatable bonds is 2. The Morgan fingerprint density at radius 1 is 1.27 bits per heavy atom. The van der Waals surface area contributed by atoms with Gasteiger partial charge in [-0.25, -0.2) is 4.98 Å². The average Bonchev–Trinajstić information content (AvgIpc) is 2.27. The van der Waals surface area contributed by atoms with E-state index in [0.717, 1.165) is 5.39 Å². The van der Waals surface area contributed by atoms with E-state index < -0.39 is 5.91 Å². The van der Waals surface area contributed by atoms with E-state index >= 15 is 0 Å². The second-order valence-electron chi connectivity index (χ2n) is 3.13. The summed E-state index contributed by atoms with van der Waals surface area (Å²) >= 11 is 0. The van der Waals surface area contributed by atoms with Crippen molar-refractivity contribution >= 4 is 23.1 Å². The van der Waals surface area contributed by atoms with Crippen LogP contribution in [0.1, 0.15) is 20.8 Å². The summed E-state index contributed by atoms with van der Waals surface area (Å²) in [6, 6.07) is 8.24. The van der Waals surface area contributed by atoms with Gasteiger partial charge in [-0.05, 0) is 24.3 Å². The van der Waals surface area contributed by atoms with Crippen molar-refractivity contribution in [1.82, 2.24) is 4.98 Å². The molecular formula is C11H8N2O2. The van der Waals surface area contributed by atoms with Crippen LogP contribution in [0.2, 0.25) is 0 Å². The summed E-state index contributed by atoms with van der Waals surface area (Å²) < 4.78 is 0. The summed E-state index contributed by atoms with van der Waals surface area (Å²) in [5.74, 6) is -0.476. The Hall–Kier alpha value is -2.23. The van der Waals surface area contributed by atoms with Crippen LogP contribution in [0, 0.1) is 0 Å². The summed E-state index contributed by atoms with van der Waals surface area (Å²) in [5, 5.41) is 0.789. The first-order valence-electron chi connectivity index (χ1n) is 4.36. The molecule has 0 spiro atoms. The first-order chi connectivity index (χ1) is 7.20. The van der Waals surface area contributed by atoms with E-state index in [9.17, 15) is 9.59 Å². The molecule has 0 bridgehead atoms. The standard InChI is InChI=1S/C11H8N2O2/c12-11(15)8-2-4-10-7(5-8)1-3-9(6-14)13-10/h1-6H,(H2,12,15). The van der Waals surface area contributed by atoms with Crippen LogP contribution in [0.5, 0.6) is 0 Å². The van der Waals surface area contributed by atoms with Crippen LogP contribution in [-0.2, 0) is 0 Å². The molecule has 0 aliphatic rings. The molecule has 0 unspecified atom stereocenters. The molecule has 74 valence electrons. The SMILES string of the molecule is NC(=O)c1ccc2nc(C=O)ccc2c1. The van der Waals surface area contributed by atoms with E-state index in [1.54, 1.807) is 30.3 Å². The lowest BCUT2D eigenvalue weighted by atomic mass is 10.1. The van der Waals surface area contributed by atoms with Crippen molar-refractivity contribution in [3.05, 3.63) is 41.6 Å². The molecule has 1 aromatic heterocycles. The molecule has 0 aliphatic carbocycles. The maximum atomic E-state index is 10.9. The molecule has 0 radical (unpaired) electrons. The quantitative estimate of drug-likeness (QED) is 0.739. The number of pyridine rings is 1. The number of fused-ring (bicyclic) bond motifs is 1. The molecule has 2 rings (SSSR count). The van der Waals surface area contributed by atoms with Crippen LogP contribution in [0.4, 0.5) is 0 Å². The lowest BCUT2D eigenvalue weighted by Gasteiger charge is -2.00. The van der Waals surface area contributed by atoms with Gasteiger partial charge in [-0.3, -0.25) is 9.59 Å². The third-order valence-electron chi connectivity index (χ3n) is 2.12. The fourth-order valence-corrected chi connectivity index (χ4v) is 1.36. The first-order valence-corrected chi connectivity index (χ1v) is 4.36. The molecule has 1 aromatic carbocycles. The summed E-state index contributed by atoms with van der Waals surface area (Å²) in [6.45, 7) is 0. The molecule has 0 saturated carbocycles. The van der Waals surface area contributed by atoms with Gasteiger partial charge in [0.25, 0.3) is 0 Å². The van der Waals surface area contributed by atoms with Crippen LogP contribution in [0.15, 0.2) is 30.3 Å². The predicted octanol–water partition coefficient (Wildman–Crippen LogP) is 1.15. The molecule has 0 atom stereocenters. The minimum absolute atomic E-state index is 0.370. The second kappa shape index (κ2) is 3.49. The van der Waals surface area contributed by atoms with E-state index in [2.05, 4.69) is 4.98 Å². The van der Waals surface area contributed by atoms with E-state index in [1.807, 2.05) is 0 Å². The minimum Gasteiger partial charge on any atom is -0.366 e. The van der Waals surface area contributed by atoms with Crippen molar-refractivity contribution in [2.45, 2.75) is 0 Å². The molecule has 1 heterocycles. The maximum absolute atomic E-state index is 10.9. The third-order valence-corrected chi connectivity index (χ3v) is 2.12. The number of hydrogen-bond acceptors (Lipinski definition) is 3. The predicted molar refractivity (Wildman–Crippen MR) is 55.6 cm³/mol. The van der Waals surface area contributed by atoms with Gasteiger partial charge in [0.05, 0.1) is 5.52 Å². The van der Waals surface area contributed by atoms with Gasteiger partial charge in [-0.15, -0.1) is 0 Å². The van der Waals surface area contributed by atoms with Gasteiger partial charge in [0, 0.05) is 10.9 Å². The van der Waals surface area contributed by atoms with E-state index in [0.29, 0.717) is 23.1 Å². The molecule has 0 aliphatic heterocycles. The summed E-state index contributed by atoms with van der Waals surface area (Å²) in [6.07, 6.45) is 0.682. The zero-order chi connectivity index (χ0) is 10.8. The van der Waals surface area contributed by atoms with E-state index in [-0.39, 0.29) is 0 Å². The van der Waals surface area contributed by atoms with Crippen molar-refractivity contribution in [3.63, 3.8) is 0 Å². The Bertz CT molecular complexity index is 549. The van der Waals surface area contributed by atoms with Crippen molar-refractivity contribution in [1.29, 1.82) is 0 Å². The maximum Gasteiger partial charge on any atom is 0.248 e. The number of aromatic nitrogens is 1. The normalized spacial score (nSPS) is 10.1. The number of aldehydes is 1. The van der Waals surface area contributed by atoms with Crippen molar-refractivity contribution in [2.24, 2.45) is 5.73 Å². The summed E-state index contributed by atoms with van der Waals surface area (Å²) in [7, 11) is 0. The Labute approximate surface area is 85.7 Å². The van der Waals surface area contributed by atoms with Crippen LogP contribution >= 0.6 is 0 Å². The third kappa shape index (κ3) is 1.69. The Morgan fingerprint density at radius 3 is 2.73 bits per heavy atom. The highest BCUT2D eigenvalue weighted by atomic mass is 16.1. The second-order valence-corrected chi connectivity index (χ2v) is 3.13. The average molecular weight is 200 g/mol. The molecule has 4 heteroatoms. The number of nitrogens with zero attached hydrogens (tertiary/aromatic N) is 1.